The van der Waals surface area contributed by atoms with E-state index in [1.54, 1.807) is 0 Å². The average Bonchev–Trinajstić information content (AvgIpc) is 2.05. The van der Waals surface area contributed by atoms with Crippen molar-refractivity contribution in [2.75, 3.05) is 0 Å². The molecule has 0 aliphatic carbocycles. The van der Waals surface area contributed by atoms with Crippen LogP contribution >= 0.6 is 0 Å². The standard InChI is InChI=1S/C9H8FNO/c1-3-9(2,12)8-5-4-7(10)6-11-8/h1,4-6,12H,2H3. The van der Waals surface area contributed by atoms with Crippen LogP contribution in [-0.2, 0) is 5.60 Å². The topological polar surface area (TPSA) is 33.1 Å². The predicted molar refractivity (Wildman–Crippen MR) is 42.6 cm³/mol. The molecule has 0 fully saturated rings. The van der Waals surface area contributed by atoms with Crippen molar-refractivity contribution in [3.63, 3.8) is 0 Å². The molecule has 1 heterocycles. The number of aliphatic hydroxyl groups is 1. The number of terminal acetylenes is 1. The number of nitrogens with zero attached hydrogens (tertiary/aromatic N) is 1. The minimum absolute atomic E-state index is 0.270. The van der Waals surface area contributed by atoms with E-state index >= 15 is 0 Å². The molecule has 0 aromatic carbocycles. The van der Waals surface area contributed by atoms with Crippen molar-refractivity contribution in [3.8, 4) is 12.3 Å². The van der Waals surface area contributed by atoms with E-state index in [2.05, 4.69) is 10.9 Å². The maximum Gasteiger partial charge on any atom is 0.164 e. The summed E-state index contributed by atoms with van der Waals surface area (Å²) < 4.78 is 12.4. The fourth-order valence-corrected chi connectivity index (χ4v) is 0.738. The third kappa shape index (κ3) is 1.60. The highest BCUT2D eigenvalue weighted by Gasteiger charge is 2.20. The second-order valence-electron chi connectivity index (χ2n) is 2.58. The Morgan fingerprint density at radius 2 is 2.33 bits per heavy atom. The second-order valence-corrected chi connectivity index (χ2v) is 2.58. The van der Waals surface area contributed by atoms with Gasteiger partial charge in [0.25, 0.3) is 0 Å². The van der Waals surface area contributed by atoms with E-state index < -0.39 is 11.4 Å². The minimum atomic E-state index is -1.42. The summed E-state index contributed by atoms with van der Waals surface area (Å²) in [5.74, 6) is 1.70. The van der Waals surface area contributed by atoms with Crippen molar-refractivity contribution in [1.82, 2.24) is 4.98 Å². The van der Waals surface area contributed by atoms with Gasteiger partial charge in [-0.25, -0.2) is 4.39 Å². The van der Waals surface area contributed by atoms with Crippen LogP contribution in [0.25, 0.3) is 0 Å². The zero-order chi connectivity index (χ0) is 9.19. The first-order chi connectivity index (χ1) is 5.56. The molecule has 3 heteroatoms. The number of aromatic nitrogens is 1. The van der Waals surface area contributed by atoms with E-state index in [0.29, 0.717) is 0 Å². The molecule has 0 radical (unpaired) electrons. The van der Waals surface area contributed by atoms with Gasteiger partial charge >= 0.3 is 0 Å². The summed E-state index contributed by atoms with van der Waals surface area (Å²) in [7, 11) is 0. The van der Waals surface area contributed by atoms with Gasteiger partial charge in [-0.15, -0.1) is 6.42 Å². The van der Waals surface area contributed by atoms with Gasteiger partial charge in [-0.2, -0.15) is 0 Å². The van der Waals surface area contributed by atoms with Crippen molar-refractivity contribution < 1.29 is 9.50 Å². The first-order valence-corrected chi connectivity index (χ1v) is 3.38. The fourth-order valence-electron chi connectivity index (χ4n) is 0.738. The summed E-state index contributed by atoms with van der Waals surface area (Å²) in [5.41, 5.74) is -1.15. The van der Waals surface area contributed by atoms with E-state index in [4.69, 9.17) is 6.42 Å². The number of pyridine rings is 1. The molecule has 12 heavy (non-hydrogen) atoms. The molecule has 2 nitrogen and oxygen atoms in total. The van der Waals surface area contributed by atoms with Gasteiger partial charge in [0.05, 0.1) is 11.9 Å². The van der Waals surface area contributed by atoms with Gasteiger partial charge in [0.1, 0.15) is 5.82 Å². The third-order valence-corrected chi connectivity index (χ3v) is 1.51. The highest BCUT2D eigenvalue weighted by Crippen LogP contribution is 2.16. The van der Waals surface area contributed by atoms with Crippen LogP contribution in [-0.4, -0.2) is 10.1 Å². The van der Waals surface area contributed by atoms with Gasteiger partial charge in [-0.3, -0.25) is 4.98 Å². The van der Waals surface area contributed by atoms with Gasteiger partial charge in [-0.1, -0.05) is 5.92 Å². The van der Waals surface area contributed by atoms with Crippen LogP contribution in [0.3, 0.4) is 0 Å². The molecule has 1 aromatic rings. The Morgan fingerprint density at radius 3 is 2.75 bits per heavy atom. The molecule has 1 rings (SSSR count). The molecule has 0 aliphatic heterocycles. The summed E-state index contributed by atoms with van der Waals surface area (Å²) in [4.78, 5) is 3.65. The molecule has 0 spiro atoms. The highest BCUT2D eigenvalue weighted by atomic mass is 19.1. The average molecular weight is 165 g/mol. The van der Waals surface area contributed by atoms with Crippen molar-refractivity contribution in [1.29, 1.82) is 0 Å². The summed E-state index contributed by atoms with van der Waals surface area (Å²) in [6.45, 7) is 1.42. The Kier molecular flexibility index (Phi) is 2.11. The fraction of sp³-hybridized carbons (Fsp3) is 0.222. The molecule has 0 aliphatic rings. The molecule has 1 N–H and O–H groups in total. The summed E-state index contributed by atoms with van der Waals surface area (Å²) >= 11 is 0. The molecule has 1 atom stereocenters. The zero-order valence-electron chi connectivity index (χ0n) is 6.58. The minimum Gasteiger partial charge on any atom is -0.372 e. The monoisotopic (exact) mass is 165 g/mol. The summed E-state index contributed by atoms with van der Waals surface area (Å²) in [6.07, 6.45) is 6.06. The molecule has 0 amide bonds. The van der Waals surface area contributed by atoms with Crippen LogP contribution < -0.4 is 0 Å². The SMILES string of the molecule is C#CC(C)(O)c1ccc(F)cn1. The molecular weight excluding hydrogens is 157 g/mol. The molecule has 0 bridgehead atoms. The van der Waals surface area contributed by atoms with E-state index in [9.17, 15) is 9.50 Å². The molecule has 1 aromatic heterocycles. The third-order valence-electron chi connectivity index (χ3n) is 1.51. The lowest BCUT2D eigenvalue weighted by Gasteiger charge is -2.14. The van der Waals surface area contributed by atoms with Crippen molar-refractivity contribution in [2.24, 2.45) is 0 Å². The van der Waals surface area contributed by atoms with Crippen molar-refractivity contribution in [3.05, 3.63) is 29.8 Å². The summed E-state index contributed by atoms with van der Waals surface area (Å²) in [5, 5.41) is 9.46. The lowest BCUT2D eigenvalue weighted by molar-refractivity contribution is 0.117. The van der Waals surface area contributed by atoms with Crippen LogP contribution in [0.4, 0.5) is 4.39 Å². The van der Waals surface area contributed by atoms with Gasteiger partial charge in [0, 0.05) is 0 Å². The number of halogens is 1. The molecule has 0 saturated carbocycles. The lowest BCUT2D eigenvalue weighted by atomic mass is 10.0. The normalized spacial score (nSPS) is 14.8. The number of hydrogen-bond acceptors (Lipinski definition) is 2. The van der Waals surface area contributed by atoms with E-state index in [1.165, 1.54) is 19.1 Å². The van der Waals surface area contributed by atoms with Crippen molar-refractivity contribution >= 4 is 0 Å². The van der Waals surface area contributed by atoms with Crippen LogP contribution in [0.15, 0.2) is 18.3 Å². The van der Waals surface area contributed by atoms with Crippen molar-refractivity contribution in [2.45, 2.75) is 12.5 Å². The first-order valence-electron chi connectivity index (χ1n) is 3.38. The van der Waals surface area contributed by atoms with Gasteiger partial charge in [-0.05, 0) is 19.1 Å². The number of hydrogen-bond donors (Lipinski definition) is 1. The van der Waals surface area contributed by atoms with Crippen LogP contribution in [0.5, 0.6) is 0 Å². The maximum atomic E-state index is 12.4. The Morgan fingerprint density at radius 1 is 1.67 bits per heavy atom. The smallest absolute Gasteiger partial charge is 0.164 e. The quantitative estimate of drug-likeness (QED) is 0.631. The van der Waals surface area contributed by atoms with E-state index in [-0.39, 0.29) is 5.69 Å². The Balaban J connectivity index is 3.07. The van der Waals surface area contributed by atoms with Gasteiger partial charge in [0.2, 0.25) is 0 Å². The predicted octanol–water partition coefficient (Wildman–Crippen LogP) is 1.06. The van der Waals surface area contributed by atoms with Gasteiger partial charge < -0.3 is 5.11 Å². The first kappa shape index (κ1) is 8.69. The molecular formula is C9H8FNO. The molecule has 0 saturated heterocycles. The van der Waals surface area contributed by atoms with Gasteiger partial charge in [0.15, 0.2) is 5.60 Å². The Bertz CT molecular complexity index is 310. The van der Waals surface area contributed by atoms with E-state index in [0.717, 1.165) is 6.20 Å². The zero-order valence-corrected chi connectivity index (χ0v) is 6.58. The number of rotatable bonds is 1. The Hall–Kier alpha value is -1.40. The highest BCUT2D eigenvalue weighted by molar-refractivity contribution is 5.22. The van der Waals surface area contributed by atoms with Crippen LogP contribution in [0, 0.1) is 18.2 Å². The molecule has 1 unspecified atom stereocenters. The van der Waals surface area contributed by atoms with E-state index in [1.807, 2.05) is 0 Å². The Labute approximate surface area is 70.1 Å². The second kappa shape index (κ2) is 2.92. The summed E-state index contributed by atoms with van der Waals surface area (Å²) in [6, 6.07) is 2.56. The van der Waals surface area contributed by atoms with Crippen LogP contribution in [0.2, 0.25) is 0 Å². The van der Waals surface area contributed by atoms with Crippen LogP contribution in [0.1, 0.15) is 12.6 Å². The largest absolute Gasteiger partial charge is 0.372 e. The molecule has 62 valence electrons. The lowest BCUT2D eigenvalue weighted by Crippen LogP contribution is -2.19. The maximum absolute atomic E-state index is 12.4.